The number of aromatic nitrogens is 3. The molecule has 2 aliphatic rings. The van der Waals surface area contributed by atoms with Gasteiger partial charge in [-0.1, -0.05) is 33.9 Å². The molecule has 0 radical (unpaired) electrons. The van der Waals surface area contributed by atoms with E-state index in [0.717, 1.165) is 34.5 Å². The molecule has 2 atom stereocenters. The second-order valence-electron chi connectivity index (χ2n) is 9.80. The summed E-state index contributed by atoms with van der Waals surface area (Å²) in [6, 6.07) is 15.0. The van der Waals surface area contributed by atoms with Gasteiger partial charge in [0, 0.05) is 43.9 Å². The highest BCUT2D eigenvalue weighted by atomic mass is 19.1. The molecule has 1 saturated carbocycles. The minimum absolute atomic E-state index is 0.182. The van der Waals surface area contributed by atoms with Crippen LogP contribution < -0.4 is 24.8 Å². The zero-order chi connectivity index (χ0) is 26.6. The molecule has 3 heterocycles. The van der Waals surface area contributed by atoms with E-state index < -0.39 is 12.1 Å². The van der Waals surface area contributed by atoms with E-state index in [1.54, 1.807) is 17.9 Å². The van der Waals surface area contributed by atoms with Gasteiger partial charge in [0.25, 0.3) is 11.6 Å². The first-order valence-corrected chi connectivity index (χ1v) is 12.5. The molecular weight excluding hydrogens is 487 g/mol. The van der Waals surface area contributed by atoms with Crippen molar-refractivity contribution in [2.75, 3.05) is 30.5 Å². The van der Waals surface area contributed by atoms with Crippen LogP contribution in [0.1, 0.15) is 44.4 Å². The summed E-state index contributed by atoms with van der Waals surface area (Å²) in [5.74, 6) is 0.729. The summed E-state index contributed by atoms with van der Waals surface area (Å²) in [5, 5.41) is 4.83. The fourth-order valence-corrected chi connectivity index (χ4v) is 5.30. The van der Waals surface area contributed by atoms with Crippen LogP contribution in [0.25, 0.3) is 5.65 Å². The lowest BCUT2D eigenvalue weighted by Crippen LogP contribution is -2.34. The first-order valence-electron chi connectivity index (χ1n) is 12.5. The molecule has 0 unspecified atom stereocenters. The van der Waals surface area contributed by atoms with Gasteiger partial charge in [0.1, 0.15) is 36.1 Å². The smallest absolute Gasteiger partial charge is 0.332 e. The lowest BCUT2D eigenvalue weighted by molar-refractivity contribution is -0.676. The zero-order valence-electron chi connectivity index (χ0n) is 21.2. The number of hydrogen-bond donors (Lipinski definition) is 1. The van der Waals surface area contributed by atoms with E-state index in [1.807, 2.05) is 60.5 Å². The normalized spacial score (nSPS) is 17.9. The van der Waals surface area contributed by atoms with Gasteiger partial charge in [-0.05, 0) is 35.7 Å². The van der Waals surface area contributed by atoms with Gasteiger partial charge < -0.3 is 20.3 Å². The van der Waals surface area contributed by atoms with Crippen molar-refractivity contribution in [1.82, 2.24) is 9.61 Å². The van der Waals surface area contributed by atoms with Crippen LogP contribution in [0, 0.1) is 0 Å². The van der Waals surface area contributed by atoms with E-state index >= 15 is 0 Å². The standard InChI is InChI=1S/C28H27FN6O3/c1-32(14-17-6-8-19(38-2)9-7-17)24-13-26(33-11-10-20-18(16-36)4-3-5-22(20)33)31-35-25(27(30)37)15-34(28(24)35)23-12-21(23)29/h3-9,13,15-16,21,23H,10-12,14H2,1-2H3,(H-,30,37)/p+1/t21-,23+/m0/s1. The van der Waals surface area contributed by atoms with Crippen molar-refractivity contribution in [2.45, 2.75) is 31.6 Å². The minimum atomic E-state index is -0.987. The summed E-state index contributed by atoms with van der Waals surface area (Å²) in [6.45, 7) is 1.18. The highest BCUT2D eigenvalue weighted by molar-refractivity contribution is 5.92. The molecule has 0 saturated heterocycles. The molecule has 0 bridgehead atoms. The number of primary amides is 1. The lowest BCUT2D eigenvalue weighted by Gasteiger charge is -2.22. The Morgan fingerprint density at radius 3 is 2.71 bits per heavy atom. The molecule has 1 aliphatic carbocycles. The number of halogens is 1. The number of anilines is 3. The third-order valence-corrected chi connectivity index (χ3v) is 7.38. The van der Waals surface area contributed by atoms with Crippen LogP contribution in [0.3, 0.4) is 0 Å². The maximum atomic E-state index is 14.3. The number of carbonyl (C=O) groups is 2. The highest BCUT2D eigenvalue weighted by Crippen LogP contribution is 2.39. The van der Waals surface area contributed by atoms with E-state index in [0.29, 0.717) is 43.0 Å². The number of nitrogens with two attached hydrogens (primary N) is 1. The molecule has 2 aromatic carbocycles. The average Bonchev–Trinajstić information content (AvgIpc) is 3.32. The Balaban J connectivity index is 1.51. The molecular formula is C28H28FN6O3+. The molecule has 1 fully saturated rings. The highest BCUT2D eigenvalue weighted by Gasteiger charge is 2.47. The number of amides is 1. The van der Waals surface area contributed by atoms with Crippen molar-refractivity contribution < 1.29 is 23.3 Å². The number of hydrogen-bond acceptors (Lipinski definition) is 6. The number of fused-ring (bicyclic) bond motifs is 2. The predicted molar refractivity (Wildman–Crippen MR) is 140 cm³/mol. The van der Waals surface area contributed by atoms with Crippen LogP contribution in [0.5, 0.6) is 5.75 Å². The van der Waals surface area contributed by atoms with Gasteiger partial charge in [0.15, 0.2) is 5.82 Å². The number of nitrogens with zero attached hydrogens (tertiary/aromatic N) is 5. The van der Waals surface area contributed by atoms with Gasteiger partial charge in [-0.2, -0.15) is 0 Å². The molecule has 2 aromatic heterocycles. The number of rotatable bonds is 8. The topological polar surface area (TPSA) is 97.0 Å². The van der Waals surface area contributed by atoms with E-state index in [-0.39, 0.29) is 11.7 Å². The lowest BCUT2D eigenvalue weighted by atomic mass is 10.1. The van der Waals surface area contributed by atoms with E-state index in [2.05, 4.69) is 4.90 Å². The quantitative estimate of drug-likeness (QED) is 0.286. The molecule has 1 aliphatic heterocycles. The summed E-state index contributed by atoms with van der Waals surface area (Å²) in [6.07, 6.45) is 2.56. The Morgan fingerprint density at radius 1 is 1.29 bits per heavy atom. The van der Waals surface area contributed by atoms with Gasteiger partial charge >= 0.3 is 5.65 Å². The Labute approximate surface area is 218 Å². The van der Waals surface area contributed by atoms with Crippen molar-refractivity contribution in [3.63, 3.8) is 0 Å². The molecule has 194 valence electrons. The van der Waals surface area contributed by atoms with E-state index in [4.69, 9.17) is 15.6 Å². The maximum absolute atomic E-state index is 14.3. The summed E-state index contributed by atoms with van der Waals surface area (Å²) < 4.78 is 22.9. The van der Waals surface area contributed by atoms with Gasteiger partial charge in [0.05, 0.1) is 7.11 Å². The van der Waals surface area contributed by atoms with Crippen LogP contribution in [-0.4, -0.2) is 48.7 Å². The average molecular weight is 516 g/mol. The van der Waals surface area contributed by atoms with Crippen molar-refractivity contribution >= 4 is 35.0 Å². The van der Waals surface area contributed by atoms with Gasteiger partial charge in [-0.25, -0.2) is 8.96 Å². The van der Waals surface area contributed by atoms with Gasteiger partial charge in [-0.3, -0.25) is 9.59 Å². The number of carbonyl (C=O) groups excluding carboxylic acids is 2. The Bertz CT molecular complexity index is 1570. The summed E-state index contributed by atoms with van der Waals surface area (Å²) in [7, 11) is 3.58. The van der Waals surface area contributed by atoms with Crippen molar-refractivity contribution in [1.29, 1.82) is 0 Å². The summed E-state index contributed by atoms with van der Waals surface area (Å²) in [4.78, 5) is 28.2. The molecule has 9 nitrogen and oxygen atoms in total. The first-order chi connectivity index (χ1) is 18.4. The number of aldehydes is 1. The van der Waals surface area contributed by atoms with Crippen LogP contribution in [-0.2, 0) is 13.0 Å². The van der Waals surface area contributed by atoms with Gasteiger partial charge in [-0.15, -0.1) is 0 Å². The van der Waals surface area contributed by atoms with Crippen LogP contribution in [0.15, 0.2) is 54.7 Å². The zero-order valence-corrected chi connectivity index (χ0v) is 21.2. The number of imidazole rings is 1. The number of alkyl halides is 1. The van der Waals surface area contributed by atoms with Crippen molar-refractivity contribution in [3.8, 4) is 5.75 Å². The third kappa shape index (κ3) is 3.93. The SMILES string of the molecule is COc1ccc(CN(C)c2cc(N3CCc4c(C=O)cccc43)nn3c(C(N)=O)c[n+]([C@@H]4C[C@@H]4F)c23)cc1. The molecule has 2 N–H and O–H groups in total. The van der Waals surface area contributed by atoms with Crippen LogP contribution >= 0.6 is 0 Å². The second kappa shape index (κ2) is 9.13. The van der Waals surface area contributed by atoms with Crippen LogP contribution in [0.2, 0.25) is 0 Å². The van der Waals surface area contributed by atoms with Gasteiger partial charge in [0.2, 0.25) is 0 Å². The van der Waals surface area contributed by atoms with Crippen molar-refractivity contribution in [3.05, 3.63) is 77.1 Å². The summed E-state index contributed by atoms with van der Waals surface area (Å²) in [5.41, 5.74) is 10.9. The fraction of sp³-hybridized carbons (Fsp3) is 0.286. The number of ether oxygens (including phenoxy) is 1. The van der Waals surface area contributed by atoms with Crippen LogP contribution in [0.4, 0.5) is 21.6 Å². The maximum Gasteiger partial charge on any atom is 0.332 e. The molecule has 1 amide bonds. The Hall–Kier alpha value is -4.47. The third-order valence-electron chi connectivity index (χ3n) is 7.38. The fourth-order valence-electron chi connectivity index (χ4n) is 5.30. The molecule has 6 rings (SSSR count). The summed E-state index contributed by atoms with van der Waals surface area (Å²) >= 11 is 0. The number of methoxy groups -OCH3 is 1. The van der Waals surface area contributed by atoms with Crippen molar-refractivity contribution in [2.24, 2.45) is 5.73 Å². The molecule has 0 spiro atoms. The number of benzene rings is 2. The van der Waals surface area contributed by atoms with E-state index in [1.165, 1.54) is 4.52 Å². The second-order valence-corrected chi connectivity index (χ2v) is 9.80. The minimum Gasteiger partial charge on any atom is -0.497 e. The first kappa shape index (κ1) is 23.9. The van der Waals surface area contributed by atoms with E-state index in [9.17, 15) is 14.0 Å². The monoisotopic (exact) mass is 515 g/mol. The Morgan fingerprint density at radius 2 is 2.05 bits per heavy atom. The molecule has 10 heteroatoms. The molecule has 4 aromatic rings. The predicted octanol–water partition coefficient (Wildman–Crippen LogP) is 3.16. The largest absolute Gasteiger partial charge is 0.497 e. The molecule has 38 heavy (non-hydrogen) atoms. The Kier molecular flexibility index (Phi) is 5.74.